The van der Waals surface area contributed by atoms with Gasteiger partial charge in [0.25, 0.3) is 0 Å². The van der Waals surface area contributed by atoms with Crippen LogP contribution in [-0.2, 0) is 14.3 Å². The van der Waals surface area contributed by atoms with E-state index in [1.165, 1.54) is 13.8 Å². The quantitative estimate of drug-likeness (QED) is 0.398. The summed E-state index contributed by atoms with van der Waals surface area (Å²) in [4.78, 5) is 25.2. The fourth-order valence-electron chi connectivity index (χ4n) is 3.66. The lowest BCUT2D eigenvalue weighted by molar-refractivity contribution is -0.152. The molecule has 26 heavy (non-hydrogen) atoms. The van der Waals surface area contributed by atoms with Gasteiger partial charge in [-0.05, 0) is 46.6 Å². The summed E-state index contributed by atoms with van der Waals surface area (Å²) < 4.78 is 5.39. The molecule has 1 saturated heterocycles. The summed E-state index contributed by atoms with van der Waals surface area (Å²) in [6, 6.07) is 0. The highest BCUT2D eigenvalue weighted by Crippen LogP contribution is 2.40. The Kier molecular flexibility index (Phi) is 5.90. The second-order valence-electron chi connectivity index (χ2n) is 7.72. The molecule has 0 bridgehead atoms. The molecule has 1 fully saturated rings. The molecule has 0 aromatic heterocycles. The van der Waals surface area contributed by atoms with Crippen molar-refractivity contribution < 1.29 is 29.6 Å². The zero-order chi connectivity index (χ0) is 19.8. The molecule has 2 rings (SSSR count). The number of ether oxygens (including phenoxy) is 1. The van der Waals surface area contributed by atoms with Gasteiger partial charge in [0.2, 0.25) is 0 Å². The highest BCUT2D eigenvalue weighted by Gasteiger charge is 2.50. The standard InChI is InChI=1S/C20H28O6/c1-10-6-14(22)7-11(2)9-16-17(12(3)19(24)26-16)15(8-10)18(23)20(5,25)13(4)21/h6,9,13-17,21-22,25H,3,7-8H2,1-2,4-5H3/b10-6-,11-9-/t13?,14-,15-,16-,17-,20?/m1/s1. The van der Waals surface area contributed by atoms with Crippen LogP contribution in [0.3, 0.4) is 0 Å². The Labute approximate surface area is 153 Å². The van der Waals surface area contributed by atoms with Gasteiger partial charge in [-0.15, -0.1) is 0 Å². The van der Waals surface area contributed by atoms with Crippen LogP contribution in [0.25, 0.3) is 0 Å². The Hall–Kier alpha value is -1.76. The molecule has 1 aliphatic carbocycles. The predicted molar refractivity (Wildman–Crippen MR) is 96.1 cm³/mol. The molecule has 2 aliphatic rings. The topological polar surface area (TPSA) is 104 Å². The average molecular weight is 364 g/mol. The van der Waals surface area contributed by atoms with Crippen LogP contribution in [0.15, 0.2) is 35.5 Å². The Morgan fingerprint density at radius 1 is 1.31 bits per heavy atom. The van der Waals surface area contributed by atoms with Crippen molar-refractivity contribution in [3.63, 3.8) is 0 Å². The molecule has 0 aromatic carbocycles. The third kappa shape index (κ3) is 3.98. The minimum atomic E-state index is -1.97. The van der Waals surface area contributed by atoms with E-state index in [0.29, 0.717) is 6.42 Å². The molecular formula is C20H28O6. The Morgan fingerprint density at radius 2 is 1.88 bits per heavy atom. The van der Waals surface area contributed by atoms with Crippen LogP contribution in [-0.4, -0.2) is 51.0 Å². The van der Waals surface area contributed by atoms with Crippen molar-refractivity contribution in [3.8, 4) is 0 Å². The van der Waals surface area contributed by atoms with Crippen molar-refractivity contribution in [2.75, 3.05) is 0 Å². The van der Waals surface area contributed by atoms with E-state index >= 15 is 0 Å². The van der Waals surface area contributed by atoms with Gasteiger partial charge < -0.3 is 20.1 Å². The molecule has 6 nitrogen and oxygen atoms in total. The van der Waals surface area contributed by atoms with E-state index in [0.717, 1.165) is 11.1 Å². The van der Waals surface area contributed by atoms with E-state index in [4.69, 9.17) is 4.74 Å². The third-order valence-corrected chi connectivity index (χ3v) is 5.34. The summed E-state index contributed by atoms with van der Waals surface area (Å²) in [6.45, 7) is 10.0. The van der Waals surface area contributed by atoms with E-state index in [1.54, 1.807) is 19.1 Å². The SMILES string of the molecule is C=C1C(=O)O[C@@H]2/C=C(/C)C[C@H](O)/C=C(/C)C[C@@H](C(=O)C(C)(O)C(C)O)[C@@H]12. The monoisotopic (exact) mass is 364 g/mol. The molecule has 1 heterocycles. The molecule has 1 aliphatic heterocycles. The van der Waals surface area contributed by atoms with E-state index in [9.17, 15) is 24.9 Å². The maximum atomic E-state index is 13.1. The van der Waals surface area contributed by atoms with Gasteiger partial charge >= 0.3 is 5.97 Å². The van der Waals surface area contributed by atoms with Crippen molar-refractivity contribution in [2.24, 2.45) is 11.8 Å². The summed E-state index contributed by atoms with van der Waals surface area (Å²) in [6.07, 6.45) is 1.35. The number of Topliss-reactive ketones (excluding diaryl/α,β-unsaturated/α-hetero) is 1. The van der Waals surface area contributed by atoms with Crippen LogP contribution in [0.4, 0.5) is 0 Å². The fourth-order valence-corrected chi connectivity index (χ4v) is 3.66. The lowest BCUT2D eigenvalue weighted by atomic mass is 9.72. The lowest BCUT2D eigenvalue weighted by Crippen LogP contribution is -2.50. The second-order valence-corrected chi connectivity index (χ2v) is 7.72. The molecule has 6 heteroatoms. The van der Waals surface area contributed by atoms with Crippen LogP contribution in [0.2, 0.25) is 0 Å². The maximum absolute atomic E-state index is 13.1. The van der Waals surface area contributed by atoms with Crippen LogP contribution >= 0.6 is 0 Å². The maximum Gasteiger partial charge on any atom is 0.334 e. The highest BCUT2D eigenvalue weighted by molar-refractivity contribution is 5.95. The summed E-state index contributed by atoms with van der Waals surface area (Å²) >= 11 is 0. The van der Waals surface area contributed by atoms with Crippen molar-refractivity contribution in [1.29, 1.82) is 0 Å². The van der Waals surface area contributed by atoms with Crippen molar-refractivity contribution in [2.45, 2.75) is 64.4 Å². The zero-order valence-electron chi connectivity index (χ0n) is 15.7. The third-order valence-electron chi connectivity index (χ3n) is 5.34. The van der Waals surface area contributed by atoms with Crippen LogP contribution < -0.4 is 0 Å². The normalized spacial score (nSPS) is 37.3. The van der Waals surface area contributed by atoms with Gasteiger partial charge in [0, 0.05) is 17.4 Å². The number of rotatable bonds is 3. The van der Waals surface area contributed by atoms with E-state index in [-0.39, 0.29) is 12.0 Å². The molecule has 0 spiro atoms. The number of carbonyl (C=O) groups is 2. The smallest absolute Gasteiger partial charge is 0.334 e. The molecule has 0 radical (unpaired) electrons. The van der Waals surface area contributed by atoms with Gasteiger partial charge in [-0.25, -0.2) is 4.79 Å². The Bertz CT molecular complexity index is 670. The first kappa shape index (κ1) is 20.6. The van der Waals surface area contributed by atoms with Gasteiger partial charge in [0.1, 0.15) is 11.7 Å². The van der Waals surface area contributed by atoms with Crippen molar-refractivity contribution >= 4 is 11.8 Å². The molecular weight excluding hydrogens is 336 g/mol. The van der Waals surface area contributed by atoms with Gasteiger partial charge in [-0.3, -0.25) is 4.79 Å². The molecule has 2 unspecified atom stereocenters. The van der Waals surface area contributed by atoms with Gasteiger partial charge in [-0.1, -0.05) is 23.8 Å². The predicted octanol–water partition coefficient (Wildman–Crippen LogP) is 1.45. The minimum absolute atomic E-state index is 0.188. The largest absolute Gasteiger partial charge is 0.454 e. The van der Waals surface area contributed by atoms with Crippen molar-refractivity contribution in [3.05, 3.63) is 35.5 Å². The Balaban J connectivity index is 2.55. The lowest BCUT2D eigenvalue weighted by Gasteiger charge is -2.34. The molecule has 3 N–H and O–H groups in total. The number of carbonyl (C=O) groups excluding carboxylic acids is 2. The van der Waals surface area contributed by atoms with Crippen molar-refractivity contribution in [1.82, 2.24) is 0 Å². The summed E-state index contributed by atoms with van der Waals surface area (Å²) in [5, 5.41) is 30.6. The number of fused-ring (bicyclic) bond motifs is 1. The Morgan fingerprint density at radius 3 is 2.46 bits per heavy atom. The number of esters is 1. The van der Waals surface area contributed by atoms with Gasteiger partial charge in [0.15, 0.2) is 5.78 Å². The zero-order valence-corrected chi connectivity index (χ0v) is 15.7. The molecule has 0 aromatic rings. The molecule has 0 saturated carbocycles. The first-order valence-corrected chi connectivity index (χ1v) is 8.82. The summed E-state index contributed by atoms with van der Waals surface area (Å²) in [5.74, 6) is -2.58. The minimum Gasteiger partial charge on any atom is -0.454 e. The first-order chi connectivity index (χ1) is 11.9. The van der Waals surface area contributed by atoms with Crippen LogP contribution in [0.5, 0.6) is 0 Å². The number of aliphatic hydroxyl groups excluding tert-OH is 2. The molecule has 0 amide bonds. The number of aliphatic hydroxyl groups is 3. The number of allylic oxidation sites excluding steroid dienone is 1. The van der Waals surface area contributed by atoms with Gasteiger partial charge in [0.05, 0.1) is 12.2 Å². The van der Waals surface area contributed by atoms with Crippen LogP contribution in [0.1, 0.15) is 40.5 Å². The van der Waals surface area contributed by atoms with Gasteiger partial charge in [-0.2, -0.15) is 0 Å². The van der Waals surface area contributed by atoms with Crippen LogP contribution in [0, 0.1) is 11.8 Å². The highest BCUT2D eigenvalue weighted by atomic mass is 16.6. The second kappa shape index (κ2) is 7.47. The van der Waals surface area contributed by atoms with E-state index in [1.807, 2.05) is 6.92 Å². The summed E-state index contributed by atoms with van der Waals surface area (Å²) in [7, 11) is 0. The average Bonchev–Trinajstić information content (AvgIpc) is 2.77. The number of ketones is 1. The number of hydrogen-bond donors (Lipinski definition) is 3. The molecule has 144 valence electrons. The van der Waals surface area contributed by atoms with E-state index in [2.05, 4.69) is 6.58 Å². The number of hydrogen-bond acceptors (Lipinski definition) is 6. The molecule has 6 atom stereocenters. The summed E-state index contributed by atoms with van der Waals surface area (Å²) in [5.41, 5.74) is -0.192. The fraction of sp³-hybridized carbons (Fsp3) is 0.600. The first-order valence-electron chi connectivity index (χ1n) is 8.82. The van der Waals surface area contributed by atoms with E-state index < -0.39 is 47.5 Å².